The second-order valence-electron chi connectivity index (χ2n) is 6.44. The van der Waals surface area contributed by atoms with Crippen molar-refractivity contribution in [2.45, 2.75) is 59.3 Å². The number of nitrogens with zero attached hydrogens (tertiary/aromatic N) is 1. The van der Waals surface area contributed by atoms with Gasteiger partial charge in [-0.2, -0.15) is 0 Å². The normalized spacial score (nSPS) is 15.8. The van der Waals surface area contributed by atoms with Gasteiger partial charge in [-0.15, -0.1) is 0 Å². The Morgan fingerprint density at radius 3 is 2.75 bits per heavy atom. The van der Waals surface area contributed by atoms with E-state index in [1.165, 1.54) is 30.5 Å². The number of allylic oxidation sites excluding steroid dienone is 3. The van der Waals surface area contributed by atoms with Crippen molar-refractivity contribution in [3.63, 3.8) is 0 Å². The van der Waals surface area contributed by atoms with Gasteiger partial charge in [-0.05, 0) is 51.3 Å². The maximum atomic E-state index is 5.92. The molecule has 0 aliphatic carbocycles. The average Bonchev–Trinajstić information content (AvgIpc) is 2.60. The third-order valence-electron chi connectivity index (χ3n) is 4.40. The largest absolute Gasteiger partial charge is 0.494 e. The summed E-state index contributed by atoms with van der Waals surface area (Å²) in [5.41, 5.74) is 2.68. The molecule has 0 aromatic rings. The molecule has 0 amide bonds. The number of rotatable bonds is 13. The van der Waals surface area contributed by atoms with E-state index in [4.69, 9.17) is 9.47 Å². The lowest BCUT2D eigenvalue weighted by atomic mass is 10.1. The summed E-state index contributed by atoms with van der Waals surface area (Å²) < 4.78 is 11.1. The predicted octanol–water partition coefficient (Wildman–Crippen LogP) is 4.09. The van der Waals surface area contributed by atoms with Crippen molar-refractivity contribution in [3.05, 3.63) is 23.1 Å². The lowest BCUT2D eigenvalue weighted by Gasteiger charge is -2.34. The number of hydrogen-bond acceptors (Lipinski definition) is 4. The predicted molar refractivity (Wildman–Crippen MR) is 102 cm³/mol. The van der Waals surface area contributed by atoms with Crippen LogP contribution in [0.25, 0.3) is 0 Å². The maximum absolute atomic E-state index is 5.92. The Morgan fingerprint density at radius 1 is 1.25 bits per heavy atom. The number of ether oxygens (including phenoxy) is 2. The first kappa shape index (κ1) is 21.0. The van der Waals surface area contributed by atoms with Crippen LogP contribution in [0.1, 0.15) is 59.3 Å². The summed E-state index contributed by atoms with van der Waals surface area (Å²) in [6, 6.07) is 0. The Labute approximate surface area is 149 Å². The number of nitrogens with one attached hydrogen (secondary N) is 1. The molecule has 4 heteroatoms. The van der Waals surface area contributed by atoms with Gasteiger partial charge in [0.15, 0.2) is 0 Å². The molecule has 0 saturated heterocycles. The fourth-order valence-electron chi connectivity index (χ4n) is 3.07. The van der Waals surface area contributed by atoms with Gasteiger partial charge in [-0.1, -0.05) is 26.3 Å². The summed E-state index contributed by atoms with van der Waals surface area (Å²) in [6.45, 7) is 12.5. The quantitative estimate of drug-likeness (QED) is 0.513. The number of hydrogen-bond donors (Lipinski definition) is 1. The molecule has 1 heterocycles. The van der Waals surface area contributed by atoms with Crippen molar-refractivity contribution in [1.82, 2.24) is 10.2 Å². The van der Waals surface area contributed by atoms with Crippen LogP contribution >= 0.6 is 0 Å². The molecule has 24 heavy (non-hydrogen) atoms. The molecule has 1 aliphatic heterocycles. The molecule has 0 atom stereocenters. The van der Waals surface area contributed by atoms with E-state index in [2.05, 4.69) is 37.1 Å². The maximum Gasteiger partial charge on any atom is 0.119 e. The van der Waals surface area contributed by atoms with Gasteiger partial charge < -0.3 is 19.7 Å². The smallest absolute Gasteiger partial charge is 0.119 e. The van der Waals surface area contributed by atoms with Gasteiger partial charge in [0, 0.05) is 26.7 Å². The molecule has 1 aliphatic rings. The Balaban J connectivity index is 2.55. The van der Waals surface area contributed by atoms with Crippen molar-refractivity contribution in [3.8, 4) is 0 Å². The highest BCUT2D eigenvalue weighted by molar-refractivity contribution is 5.31. The van der Waals surface area contributed by atoms with Crippen LogP contribution in [0, 0.1) is 0 Å². The minimum absolute atomic E-state index is 0.800. The van der Waals surface area contributed by atoms with Gasteiger partial charge in [0.1, 0.15) is 12.4 Å². The molecule has 1 rings (SSSR count). The van der Waals surface area contributed by atoms with Crippen molar-refractivity contribution in [2.75, 3.05) is 46.5 Å². The van der Waals surface area contributed by atoms with Gasteiger partial charge >= 0.3 is 0 Å². The molecule has 1 N–H and O–H groups in total. The topological polar surface area (TPSA) is 33.7 Å². The molecule has 0 spiro atoms. The van der Waals surface area contributed by atoms with Crippen molar-refractivity contribution in [2.24, 2.45) is 0 Å². The summed E-state index contributed by atoms with van der Waals surface area (Å²) in [5, 5.41) is 3.51. The van der Waals surface area contributed by atoms with Crippen LogP contribution in [0.5, 0.6) is 0 Å². The van der Waals surface area contributed by atoms with E-state index < -0.39 is 0 Å². The average molecular weight is 339 g/mol. The molecular weight excluding hydrogens is 300 g/mol. The lowest BCUT2D eigenvalue weighted by Crippen LogP contribution is -2.34. The van der Waals surface area contributed by atoms with Crippen LogP contribution in [-0.2, 0) is 9.47 Å². The summed E-state index contributed by atoms with van der Waals surface area (Å²) >= 11 is 0. The Hall–Kier alpha value is -1.00. The number of methoxy groups -OCH3 is 1. The standard InChI is InChI=1S/C20H38N2O2/c1-5-7-12-21-13-9-8-11-18(3)20-19(6-2)24-17-15-22(20)14-10-16-23-4/h11,21H,5-10,12-17H2,1-4H3/b18-11-. The molecule has 0 aromatic heterocycles. The first-order valence-electron chi connectivity index (χ1n) is 9.72. The van der Waals surface area contributed by atoms with Gasteiger partial charge in [0.2, 0.25) is 0 Å². The SMILES string of the molecule is CCCCNCCC/C=C(/C)C1=C(CC)OCCN1CCCOC. The summed E-state index contributed by atoms with van der Waals surface area (Å²) in [7, 11) is 1.77. The van der Waals surface area contributed by atoms with E-state index >= 15 is 0 Å². The van der Waals surface area contributed by atoms with Crippen LogP contribution in [0.2, 0.25) is 0 Å². The van der Waals surface area contributed by atoms with Gasteiger partial charge in [0.05, 0.1) is 12.2 Å². The van der Waals surface area contributed by atoms with E-state index in [1.807, 2.05) is 0 Å². The molecular formula is C20H38N2O2. The van der Waals surface area contributed by atoms with Crippen LogP contribution in [0.3, 0.4) is 0 Å². The van der Waals surface area contributed by atoms with E-state index in [0.717, 1.165) is 64.4 Å². The molecule has 140 valence electrons. The molecule has 0 bridgehead atoms. The third kappa shape index (κ3) is 7.71. The minimum atomic E-state index is 0.800. The number of unbranched alkanes of at least 4 members (excludes halogenated alkanes) is 2. The molecule has 0 aromatic carbocycles. The molecule has 0 unspecified atom stereocenters. The molecule has 4 nitrogen and oxygen atoms in total. The van der Waals surface area contributed by atoms with E-state index in [0.29, 0.717) is 0 Å². The molecule has 0 radical (unpaired) electrons. The van der Waals surface area contributed by atoms with E-state index in [1.54, 1.807) is 7.11 Å². The zero-order valence-electron chi connectivity index (χ0n) is 16.3. The monoisotopic (exact) mass is 338 g/mol. The van der Waals surface area contributed by atoms with Crippen LogP contribution < -0.4 is 5.32 Å². The minimum Gasteiger partial charge on any atom is -0.494 e. The second-order valence-corrected chi connectivity index (χ2v) is 6.44. The van der Waals surface area contributed by atoms with Crippen LogP contribution in [-0.4, -0.2) is 51.4 Å². The van der Waals surface area contributed by atoms with Crippen molar-refractivity contribution >= 4 is 0 Å². The fraction of sp³-hybridized carbons (Fsp3) is 0.800. The second kappa shape index (κ2) is 13.3. The van der Waals surface area contributed by atoms with Gasteiger partial charge in [-0.3, -0.25) is 0 Å². The Kier molecular flexibility index (Phi) is 11.7. The highest BCUT2D eigenvalue weighted by atomic mass is 16.5. The zero-order chi connectivity index (χ0) is 17.6. The van der Waals surface area contributed by atoms with Crippen LogP contribution in [0.4, 0.5) is 0 Å². The van der Waals surface area contributed by atoms with Crippen molar-refractivity contribution in [1.29, 1.82) is 0 Å². The summed E-state index contributed by atoms with van der Waals surface area (Å²) in [4.78, 5) is 2.48. The Morgan fingerprint density at radius 2 is 2.04 bits per heavy atom. The van der Waals surface area contributed by atoms with Crippen LogP contribution in [0.15, 0.2) is 23.1 Å². The summed E-state index contributed by atoms with van der Waals surface area (Å²) in [5.74, 6) is 1.15. The van der Waals surface area contributed by atoms with Gasteiger partial charge in [-0.25, -0.2) is 0 Å². The van der Waals surface area contributed by atoms with E-state index in [-0.39, 0.29) is 0 Å². The van der Waals surface area contributed by atoms with Gasteiger partial charge in [0.25, 0.3) is 0 Å². The fourth-order valence-corrected chi connectivity index (χ4v) is 3.07. The van der Waals surface area contributed by atoms with Crippen molar-refractivity contribution < 1.29 is 9.47 Å². The third-order valence-corrected chi connectivity index (χ3v) is 4.40. The first-order chi connectivity index (χ1) is 11.7. The highest BCUT2D eigenvalue weighted by Gasteiger charge is 2.21. The zero-order valence-corrected chi connectivity index (χ0v) is 16.3. The molecule has 0 fully saturated rings. The summed E-state index contributed by atoms with van der Waals surface area (Å²) in [6.07, 6.45) is 9.25. The van der Waals surface area contributed by atoms with E-state index in [9.17, 15) is 0 Å². The lowest BCUT2D eigenvalue weighted by molar-refractivity contribution is 0.116. The highest BCUT2D eigenvalue weighted by Crippen LogP contribution is 2.26. The molecule has 0 saturated carbocycles. The Bertz CT molecular complexity index is 391. The first-order valence-corrected chi connectivity index (χ1v) is 9.72.